The Kier molecular flexibility index (Phi) is 74.8. The number of esters is 4. The van der Waals surface area contributed by atoms with Gasteiger partial charge in [-0.15, -0.1) is 0 Å². The van der Waals surface area contributed by atoms with Crippen molar-refractivity contribution in [3.05, 3.63) is 134 Å². The fraction of sp³-hybridized carbons (Fsp3) is 0.701. The predicted molar refractivity (Wildman–Crippen MR) is 436 cm³/mol. The first-order chi connectivity index (χ1) is 51.7. The fourth-order valence-corrected chi connectivity index (χ4v) is 12.3. The molecule has 0 aliphatic heterocycles. The minimum Gasteiger partial charge on any atom is -0.462 e. The van der Waals surface area contributed by atoms with Crippen molar-refractivity contribution >= 4 is 39.5 Å². The quantitative estimate of drug-likeness (QED) is 0.0169. The summed E-state index contributed by atoms with van der Waals surface area (Å²) in [6, 6.07) is 0. The largest absolute Gasteiger partial charge is 0.472 e. The van der Waals surface area contributed by atoms with Gasteiger partial charge in [-0.3, -0.25) is 37.3 Å². The summed E-state index contributed by atoms with van der Waals surface area (Å²) < 4.78 is 68.5. The molecule has 0 aliphatic rings. The number of hydrogen-bond acceptors (Lipinski definition) is 15. The number of allylic oxidation sites excluding steroid dienone is 22. The van der Waals surface area contributed by atoms with Gasteiger partial charge in [-0.1, -0.05) is 290 Å². The zero-order valence-electron chi connectivity index (χ0n) is 66.6. The standard InChI is InChI=1S/C87H148O17P2/c1-5-9-13-17-21-25-29-33-37-39-40-42-45-48-52-56-60-64-68-72-85(90)98-78-82(103-86(91)73-69-65-61-57-53-49-44-36-32-28-24-20-16-12-8-4)79-101-105(93,94)99-75-81(88)76-100-106(95,96)102-80-83(77-97-84(89)71-67-63-59-55-51-47-43-35-31-27-23-19-15-11-7-3)104-87(92)74-70-66-62-58-54-50-46-41-38-34-30-26-22-18-14-10-6-2/h21-22,25-26,28,32-35,37-38,40,42-43,46,48,50,52,58,60,62,64,81-83,88H,5-20,23-24,27,29-31,36,39,41,44-45,47,49,51,53-57,59,61,63,65-80H2,1-4H3,(H,93,94)(H,95,96)/b25-21-,26-22-,32-28-,37-33-,38-34-,42-40-,43-35-,50-46-,52-48-,62-58-,64-60-/t81-,82-,83-/m1/s1. The van der Waals surface area contributed by atoms with E-state index in [4.69, 9.17) is 37.0 Å². The normalized spacial score (nSPS) is 14.5. The molecule has 0 fully saturated rings. The molecule has 2 unspecified atom stereocenters. The molecule has 0 saturated heterocycles. The molecule has 608 valence electrons. The average Bonchev–Trinajstić information content (AvgIpc) is 0.905. The molecule has 0 aromatic carbocycles. The zero-order valence-corrected chi connectivity index (χ0v) is 68.4. The molecular weight excluding hydrogens is 1380 g/mol. The van der Waals surface area contributed by atoms with Gasteiger partial charge in [0.1, 0.15) is 19.3 Å². The highest BCUT2D eigenvalue weighted by molar-refractivity contribution is 7.47. The van der Waals surface area contributed by atoms with Crippen molar-refractivity contribution in [3.8, 4) is 0 Å². The summed E-state index contributed by atoms with van der Waals surface area (Å²) in [7, 11) is -10.0. The number of rotatable bonds is 77. The summed E-state index contributed by atoms with van der Waals surface area (Å²) in [5, 5.41) is 10.7. The maximum absolute atomic E-state index is 13.1. The summed E-state index contributed by atoms with van der Waals surface area (Å²) in [5.74, 6) is -2.35. The zero-order chi connectivity index (χ0) is 77.4. The minimum atomic E-state index is -5.00. The van der Waals surface area contributed by atoms with Crippen LogP contribution in [0.2, 0.25) is 0 Å². The van der Waals surface area contributed by atoms with Gasteiger partial charge < -0.3 is 33.8 Å². The second kappa shape index (κ2) is 78.3. The molecule has 0 aromatic heterocycles. The van der Waals surface area contributed by atoms with Gasteiger partial charge in [0.05, 0.1) is 26.4 Å². The van der Waals surface area contributed by atoms with Crippen LogP contribution in [0.15, 0.2) is 134 Å². The molecule has 5 atom stereocenters. The van der Waals surface area contributed by atoms with Crippen LogP contribution in [0.25, 0.3) is 0 Å². The van der Waals surface area contributed by atoms with Gasteiger partial charge in [-0.25, -0.2) is 9.13 Å². The molecule has 19 heteroatoms. The van der Waals surface area contributed by atoms with Crippen LogP contribution in [-0.2, 0) is 65.4 Å². The molecule has 17 nitrogen and oxygen atoms in total. The van der Waals surface area contributed by atoms with E-state index < -0.39 is 97.5 Å². The Morgan fingerprint density at radius 3 is 0.840 bits per heavy atom. The molecule has 0 saturated carbocycles. The van der Waals surface area contributed by atoms with E-state index in [1.54, 1.807) is 0 Å². The topological polar surface area (TPSA) is 237 Å². The molecule has 3 N–H and O–H groups in total. The number of carbonyl (C=O) groups excluding carboxylic acids is 4. The van der Waals surface area contributed by atoms with Crippen LogP contribution in [0.1, 0.15) is 336 Å². The van der Waals surface area contributed by atoms with Crippen LogP contribution in [0.4, 0.5) is 0 Å². The number of aliphatic hydroxyl groups is 1. The number of phosphoric acid groups is 2. The maximum Gasteiger partial charge on any atom is 0.472 e. The van der Waals surface area contributed by atoms with Crippen LogP contribution in [-0.4, -0.2) is 96.7 Å². The lowest BCUT2D eigenvalue weighted by molar-refractivity contribution is -0.161. The van der Waals surface area contributed by atoms with Gasteiger partial charge in [-0.2, -0.15) is 0 Å². The van der Waals surface area contributed by atoms with Crippen LogP contribution in [0, 0.1) is 0 Å². The van der Waals surface area contributed by atoms with Gasteiger partial charge in [-0.05, 0) is 154 Å². The smallest absolute Gasteiger partial charge is 0.462 e. The van der Waals surface area contributed by atoms with E-state index in [1.165, 1.54) is 103 Å². The van der Waals surface area contributed by atoms with Gasteiger partial charge in [0.25, 0.3) is 0 Å². The van der Waals surface area contributed by atoms with Crippen LogP contribution in [0.5, 0.6) is 0 Å². The first kappa shape index (κ1) is 101. The van der Waals surface area contributed by atoms with Gasteiger partial charge in [0.2, 0.25) is 0 Å². The van der Waals surface area contributed by atoms with E-state index in [-0.39, 0.29) is 25.7 Å². The molecule has 0 radical (unpaired) electrons. The van der Waals surface area contributed by atoms with Gasteiger partial charge >= 0.3 is 39.5 Å². The second-order valence-electron chi connectivity index (χ2n) is 27.3. The summed E-state index contributed by atoms with van der Waals surface area (Å²) in [6.45, 7) is 4.66. The number of carbonyl (C=O) groups is 4. The summed E-state index contributed by atoms with van der Waals surface area (Å²) in [4.78, 5) is 73.1. The van der Waals surface area contributed by atoms with Gasteiger partial charge in [0.15, 0.2) is 12.2 Å². The Balaban J connectivity index is 5.49. The SMILES string of the molecule is CCCCC/C=C\C/C=C\C/C=C\C/C=C\C/C=C\CCC(=O)OC[C@H](COP(=O)(O)OC[C@@H](O)COP(=O)(O)OC[C@@H](COC(=O)CCCCCCC/C=C\CCCCCCCC)OC(=O)CCC/C=C\C/C=C\C/C=C\C/C=C\CCCCC)OC(=O)CCCCCCCCC/C=C\CCCCCC. The maximum atomic E-state index is 13.1. The molecule has 0 amide bonds. The molecule has 0 spiro atoms. The summed E-state index contributed by atoms with van der Waals surface area (Å²) in [6.07, 6.45) is 88.7. The van der Waals surface area contributed by atoms with Crippen molar-refractivity contribution in [3.63, 3.8) is 0 Å². The Morgan fingerprint density at radius 1 is 0.264 bits per heavy atom. The number of phosphoric ester groups is 2. The lowest BCUT2D eigenvalue weighted by Crippen LogP contribution is -2.30. The minimum absolute atomic E-state index is 0.0138. The van der Waals surface area contributed by atoms with E-state index in [1.807, 2.05) is 24.3 Å². The summed E-state index contributed by atoms with van der Waals surface area (Å²) in [5.41, 5.74) is 0. The van der Waals surface area contributed by atoms with Crippen molar-refractivity contribution in [2.24, 2.45) is 0 Å². The van der Waals surface area contributed by atoms with E-state index in [0.717, 1.165) is 141 Å². The number of unbranched alkanes of at least 4 members (excludes halogenated alkanes) is 29. The molecular formula is C87H148O17P2. The Bertz CT molecular complexity index is 2530. The lowest BCUT2D eigenvalue weighted by Gasteiger charge is -2.21. The first-order valence-electron chi connectivity index (χ1n) is 41.4. The van der Waals surface area contributed by atoms with Crippen LogP contribution < -0.4 is 0 Å². The average molecular weight is 1530 g/mol. The van der Waals surface area contributed by atoms with E-state index >= 15 is 0 Å². The van der Waals surface area contributed by atoms with E-state index in [9.17, 15) is 43.2 Å². The van der Waals surface area contributed by atoms with E-state index in [0.29, 0.717) is 38.5 Å². The van der Waals surface area contributed by atoms with Gasteiger partial charge in [0, 0.05) is 25.7 Å². The third-order valence-corrected chi connectivity index (χ3v) is 19.0. The molecule has 0 aromatic rings. The number of aliphatic hydroxyl groups excluding tert-OH is 1. The Labute approximate surface area is 644 Å². The number of hydrogen-bond donors (Lipinski definition) is 3. The number of ether oxygens (including phenoxy) is 4. The van der Waals surface area contributed by atoms with Crippen LogP contribution in [0.3, 0.4) is 0 Å². The predicted octanol–water partition coefficient (Wildman–Crippen LogP) is 24.4. The molecule has 106 heavy (non-hydrogen) atoms. The first-order valence-corrected chi connectivity index (χ1v) is 44.4. The second-order valence-corrected chi connectivity index (χ2v) is 30.3. The highest BCUT2D eigenvalue weighted by atomic mass is 31.2. The molecule has 0 rings (SSSR count). The van der Waals surface area contributed by atoms with Crippen molar-refractivity contribution in [1.29, 1.82) is 0 Å². The third kappa shape index (κ3) is 77.4. The highest BCUT2D eigenvalue weighted by Gasteiger charge is 2.30. The van der Waals surface area contributed by atoms with Crippen molar-refractivity contribution < 1.29 is 80.2 Å². The van der Waals surface area contributed by atoms with Crippen molar-refractivity contribution in [1.82, 2.24) is 0 Å². The lowest BCUT2D eigenvalue weighted by atomic mass is 10.1. The Hall–Kier alpha value is -4.80. The summed E-state index contributed by atoms with van der Waals surface area (Å²) >= 11 is 0. The van der Waals surface area contributed by atoms with Crippen molar-refractivity contribution in [2.45, 2.75) is 354 Å². The Morgan fingerprint density at radius 2 is 0.491 bits per heavy atom. The molecule has 0 heterocycles. The van der Waals surface area contributed by atoms with Crippen molar-refractivity contribution in [2.75, 3.05) is 39.6 Å². The third-order valence-electron chi connectivity index (χ3n) is 17.1. The molecule has 0 aliphatic carbocycles. The molecule has 0 bridgehead atoms. The fourth-order valence-electron chi connectivity index (χ4n) is 10.7. The van der Waals surface area contributed by atoms with E-state index in [2.05, 4.69) is 137 Å². The highest BCUT2D eigenvalue weighted by Crippen LogP contribution is 2.45. The van der Waals surface area contributed by atoms with Crippen LogP contribution >= 0.6 is 15.6 Å². The monoisotopic (exact) mass is 1530 g/mol.